The number of ketones is 1. The number of amides is 1. The lowest BCUT2D eigenvalue weighted by Gasteiger charge is -2.16. The Bertz CT molecular complexity index is 1160. The summed E-state index contributed by atoms with van der Waals surface area (Å²) in [6.45, 7) is 0.440. The van der Waals surface area contributed by atoms with Crippen LogP contribution >= 0.6 is 11.8 Å². The zero-order valence-corrected chi connectivity index (χ0v) is 18.1. The number of benzene rings is 3. The highest BCUT2D eigenvalue weighted by Gasteiger charge is 2.33. The molecule has 0 atom stereocenters. The zero-order chi connectivity index (χ0) is 22.3. The third-order valence-electron chi connectivity index (χ3n) is 4.97. The van der Waals surface area contributed by atoms with Crippen molar-refractivity contribution in [2.75, 3.05) is 10.7 Å². The molecule has 1 amide bonds. The number of nitrogens with one attached hydrogen (secondary N) is 2. The van der Waals surface area contributed by atoms with Crippen molar-refractivity contribution in [3.63, 3.8) is 0 Å². The van der Waals surface area contributed by atoms with Crippen molar-refractivity contribution in [1.29, 1.82) is 5.41 Å². The molecule has 6 nitrogen and oxygen atoms in total. The maximum Gasteiger partial charge on any atom is 0.279 e. The number of thioether (sulfide) groups is 1. The predicted octanol–water partition coefficient (Wildman–Crippen LogP) is 4.01. The fraction of sp³-hybridized carbons (Fsp3) is 0.120. The highest BCUT2D eigenvalue weighted by molar-refractivity contribution is 8.14. The van der Waals surface area contributed by atoms with Gasteiger partial charge in [0.1, 0.15) is 5.78 Å². The Morgan fingerprint density at radius 3 is 2.25 bits per heavy atom. The van der Waals surface area contributed by atoms with Crippen LogP contribution in [-0.2, 0) is 22.6 Å². The van der Waals surface area contributed by atoms with Gasteiger partial charge in [0.05, 0.1) is 18.0 Å². The molecule has 7 heteroatoms. The molecule has 0 unspecified atom stereocenters. The first-order chi connectivity index (χ1) is 15.6. The van der Waals surface area contributed by atoms with Gasteiger partial charge in [0, 0.05) is 12.0 Å². The van der Waals surface area contributed by atoms with Crippen LogP contribution in [0.25, 0.3) is 0 Å². The van der Waals surface area contributed by atoms with E-state index in [1.807, 2.05) is 84.9 Å². The first-order valence-electron chi connectivity index (χ1n) is 10.2. The molecular formula is C25H22N4O2S. The Labute approximate surface area is 190 Å². The number of nitrogens with zero attached hydrogens (tertiary/aromatic N) is 2. The number of Topliss-reactive ketones (excluding diaryl/α,β-unsaturated/α-hetero) is 1. The number of amidine groups is 1. The van der Waals surface area contributed by atoms with Crippen LogP contribution in [0.2, 0.25) is 0 Å². The van der Waals surface area contributed by atoms with Gasteiger partial charge < -0.3 is 4.90 Å². The van der Waals surface area contributed by atoms with E-state index in [1.54, 1.807) is 4.90 Å². The molecule has 0 spiro atoms. The molecule has 3 aromatic rings. The van der Waals surface area contributed by atoms with Gasteiger partial charge in [-0.3, -0.25) is 20.4 Å². The van der Waals surface area contributed by atoms with E-state index in [4.69, 9.17) is 5.41 Å². The predicted molar refractivity (Wildman–Crippen MR) is 129 cm³/mol. The standard InChI is InChI=1S/C25H22N4O2S/c26-25(32-17-20(30)15-18-9-3-1-4-10-18)28-27-23-21-13-7-8-14-22(21)29(24(23)31)16-19-11-5-2-6-12-19/h1-14H,15-17H2,(H2,26,28)/b27-23+. The molecule has 2 N–H and O–H groups in total. The molecule has 0 saturated carbocycles. The molecular weight excluding hydrogens is 420 g/mol. The maximum absolute atomic E-state index is 13.1. The lowest BCUT2D eigenvalue weighted by atomic mass is 10.1. The average Bonchev–Trinajstić information content (AvgIpc) is 3.08. The van der Waals surface area contributed by atoms with Gasteiger partial charge in [-0.1, -0.05) is 90.6 Å². The fourth-order valence-electron chi connectivity index (χ4n) is 3.46. The van der Waals surface area contributed by atoms with Gasteiger partial charge >= 0.3 is 0 Å². The SMILES string of the molecule is N=C(N/N=C1/C(=O)N(Cc2ccccc2)c2ccccc21)SCC(=O)Cc1ccccc1. The fourth-order valence-corrected chi connectivity index (χ4v) is 3.98. The second-order valence-corrected chi connectivity index (χ2v) is 8.27. The lowest BCUT2D eigenvalue weighted by molar-refractivity contribution is -0.116. The van der Waals surface area contributed by atoms with E-state index in [9.17, 15) is 9.59 Å². The van der Waals surface area contributed by atoms with Gasteiger partial charge in [-0.05, 0) is 17.2 Å². The summed E-state index contributed by atoms with van der Waals surface area (Å²) in [4.78, 5) is 26.9. The first kappa shape index (κ1) is 21.5. The summed E-state index contributed by atoms with van der Waals surface area (Å²) in [5.74, 6) is -0.0341. The smallest absolute Gasteiger partial charge is 0.279 e. The van der Waals surface area contributed by atoms with Crippen molar-refractivity contribution in [3.8, 4) is 0 Å². The van der Waals surface area contributed by atoms with Crippen LogP contribution in [0.5, 0.6) is 0 Å². The van der Waals surface area contributed by atoms with Gasteiger partial charge in [0.15, 0.2) is 10.9 Å². The third kappa shape index (κ3) is 5.12. The molecule has 4 rings (SSSR count). The Kier molecular flexibility index (Phi) is 6.77. The van der Waals surface area contributed by atoms with Gasteiger partial charge in [-0.2, -0.15) is 5.10 Å². The molecule has 32 heavy (non-hydrogen) atoms. The second kappa shape index (κ2) is 10.1. The summed E-state index contributed by atoms with van der Waals surface area (Å²) >= 11 is 1.06. The largest absolute Gasteiger partial charge is 0.302 e. The van der Waals surface area contributed by atoms with Crippen LogP contribution in [-0.4, -0.2) is 28.3 Å². The number of fused-ring (bicyclic) bond motifs is 1. The van der Waals surface area contributed by atoms with E-state index in [0.29, 0.717) is 13.0 Å². The molecule has 0 saturated heterocycles. The minimum Gasteiger partial charge on any atom is -0.302 e. The van der Waals surface area contributed by atoms with Crippen molar-refractivity contribution in [2.45, 2.75) is 13.0 Å². The van der Waals surface area contributed by atoms with Gasteiger partial charge in [0.25, 0.3) is 5.91 Å². The summed E-state index contributed by atoms with van der Waals surface area (Å²) in [5, 5.41) is 12.3. The second-order valence-electron chi connectivity index (χ2n) is 7.29. The molecule has 0 radical (unpaired) electrons. The Morgan fingerprint density at radius 1 is 0.906 bits per heavy atom. The summed E-state index contributed by atoms with van der Waals surface area (Å²) in [7, 11) is 0. The Morgan fingerprint density at radius 2 is 1.53 bits per heavy atom. The summed E-state index contributed by atoms with van der Waals surface area (Å²) in [6.07, 6.45) is 0.329. The van der Waals surface area contributed by atoms with E-state index < -0.39 is 0 Å². The van der Waals surface area contributed by atoms with Crippen LogP contribution in [0, 0.1) is 5.41 Å². The first-order valence-corrected chi connectivity index (χ1v) is 11.2. The number of rotatable bonds is 7. The van der Waals surface area contributed by atoms with Crippen molar-refractivity contribution >= 4 is 40.0 Å². The number of para-hydroxylation sites is 1. The van der Waals surface area contributed by atoms with Crippen LogP contribution in [0.15, 0.2) is 90.0 Å². The van der Waals surface area contributed by atoms with Gasteiger partial charge in [0.2, 0.25) is 0 Å². The third-order valence-corrected chi connectivity index (χ3v) is 5.82. The molecule has 0 fully saturated rings. The highest BCUT2D eigenvalue weighted by Crippen LogP contribution is 2.30. The minimum atomic E-state index is -0.222. The van der Waals surface area contributed by atoms with Crippen LogP contribution < -0.4 is 10.3 Å². The quantitative estimate of drug-likeness (QED) is 0.329. The number of hydrogen-bond donors (Lipinski definition) is 2. The van der Waals surface area contributed by atoms with E-state index in [-0.39, 0.29) is 28.3 Å². The molecule has 0 aliphatic carbocycles. The Balaban J connectivity index is 1.39. The minimum absolute atomic E-state index is 0.0192. The highest BCUT2D eigenvalue weighted by atomic mass is 32.2. The average molecular weight is 443 g/mol. The van der Waals surface area contributed by atoms with Crippen molar-refractivity contribution in [2.24, 2.45) is 5.10 Å². The number of carbonyl (C=O) groups is 2. The van der Waals surface area contributed by atoms with E-state index in [1.165, 1.54) is 0 Å². The van der Waals surface area contributed by atoms with E-state index >= 15 is 0 Å². The Hall–Kier alpha value is -3.71. The molecule has 0 aromatic heterocycles. The molecule has 1 heterocycles. The summed E-state index contributed by atoms with van der Waals surface area (Å²) in [5.41, 5.74) is 6.37. The molecule has 3 aromatic carbocycles. The number of anilines is 1. The van der Waals surface area contributed by atoms with Gasteiger partial charge in [-0.25, -0.2) is 0 Å². The molecule has 1 aliphatic rings. The maximum atomic E-state index is 13.1. The molecule has 160 valence electrons. The summed E-state index contributed by atoms with van der Waals surface area (Å²) < 4.78 is 0. The zero-order valence-electron chi connectivity index (χ0n) is 17.3. The molecule has 1 aliphatic heterocycles. The van der Waals surface area contributed by atoms with Crippen molar-refractivity contribution in [1.82, 2.24) is 5.43 Å². The number of hydrogen-bond acceptors (Lipinski definition) is 5. The number of hydrazone groups is 1. The molecule has 0 bridgehead atoms. The topological polar surface area (TPSA) is 85.6 Å². The van der Waals surface area contributed by atoms with Gasteiger partial charge in [-0.15, -0.1) is 0 Å². The number of carbonyl (C=O) groups excluding carboxylic acids is 2. The van der Waals surface area contributed by atoms with Crippen LogP contribution in [0.1, 0.15) is 16.7 Å². The van der Waals surface area contributed by atoms with E-state index in [0.717, 1.165) is 34.1 Å². The van der Waals surface area contributed by atoms with E-state index in [2.05, 4.69) is 10.5 Å². The lowest BCUT2D eigenvalue weighted by Crippen LogP contribution is -2.31. The van der Waals surface area contributed by atoms with Crippen LogP contribution in [0.3, 0.4) is 0 Å². The monoisotopic (exact) mass is 442 g/mol. The van der Waals surface area contributed by atoms with Crippen molar-refractivity contribution in [3.05, 3.63) is 102 Å². The summed E-state index contributed by atoms with van der Waals surface area (Å²) in [6, 6.07) is 26.8. The normalized spacial score (nSPS) is 13.8. The van der Waals surface area contributed by atoms with Crippen LogP contribution in [0.4, 0.5) is 5.69 Å². The van der Waals surface area contributed by atoms with Crippen molar-refractivity contribution < 1.29 is 9.59 Å².